The van der Waals surface area contributed by atoms with Gasteiger partial charge in [0.1, 0.15) is 5.75 Å². The second-order valence-corrected chi connectivity index (χ2v) is 4.16. The molecule has 0 heterocycles. The first-order chi connectivity index (χ1) is 9.56. The van der Waals surface area contributed by atoms with Gasteiger partial charge >= 0.3 is 0 Å². The van der Waals surface area contributed by atoms with Crippen LogP contribution in [0.15, 0.2) is 48.5 Å². The minimum atomic E-state index is -0.519. The Morgan fingerprint density at radius 2 is 1.90 bits per heavy atom. The van der Waals surface area contributed by atoms with Crippen molar-refractivity contribution in [3.8, 4) is 5.75 Å². The summed E-state index contributed by atoms with van der Waals surface area (Å²) >= 11 is 0. The van der Waals surface area contributed by atoms with Gasteiger partial charge in [0.15, 0.2) is 0 Å². The number of carbonyl (C=O) groups is 1. The second-order valence-electron chi connectivity index (χ2n) is 4.16. The molecule has 0 fully saturated rings. The minimum Gasteiger partial charge on any atom is -0.508 e. The molecular formula is C14H12N2O4. The molecular weight excluding hydrogens is 260 g/mol. The molecule has 0 bridgehead atoms. The van der Waals surface area contributed by atoms with E-state index >= 15 is 0 Å². The lowest BCUT2D eigenvalue weighted by Crippen LogP contribution is -2.22. The number of nitro groups is 1. The van der Waals surface area contributed by atoms with Crippen LogP contribution in [0.1, 0.15) is 15.9 Å². The van der Waals surface area contributed by atoms with E-state index < -0.39 is 4.92 Å². The summed E-state index contributed by atoms with van der Waals surface area (Å²) in [5.74, 6) is -0.199. The van der Waals surface area contributed by atoms with Crippen LogP contribution in [-0.2, 0) is 6.54 Å². The average Bonchev–Trinajstić information content (AvgIpc) is 2.45. The highest BCUT2D eigenvalue weighted by molar-refractivity contribution is 5.94. The van der Waals surface area contributed by atoms with Crippen molar-refractivity contribution in [2.75, 3.05) is 0 Å². The van der Waals surface area contributed by atoms with Gasteiger partial charge < -0.3 is 10.4 Å². The highest BCUT2D eigenvalue weighted by Crippen LogP contribution is 2.13. The van der Waals surface area contributed by atoms with E-state index in [0.29, 0.717) is 5.56 Å². The largest absolute Gasteiger partial charge is 0.508 e. The maximum absolute atomic E-state index is 11.8. The number of amides is 1. The number of hydrogen-bond donors (Lipinski definition) is 2. The molecule has 0 aliphatic carbocycles. The summed E-state index contributed by atoms with van der Waals surface area (Å²) in [7, 11) is 0. The summed E-state index contributed by atoms with van der Waals surface area (Å²) in [6.45, 7) is 0.268. The first-order valence-corrected chi connectivity index (χ1v) is 5.87. The van der Waals surface area contributed by atoms with Crippen molar-refractivity contribution in [2.24, 2.45) is 0 Å². The van der Waals surface area contributed by atoms with Crippen LogP contribution < -0.4 is 5.32 Å². The molecule has 20 heavy (non-hydrogen) atoms. The van der Waals surface area contributed by atoms with Crippen LogP contribution in [0, 0.1) is 10.1 Å². The Labute approximate surface area is 114 Å². The number of carbonyl (C=O) groups excluding carboxylic acids is 1. The molecule has 2 aromatic carbocycles. The number of nitrogens with one attached hydrogen (secondary N) is 1. The molecule has 6 heteroatoms. The van der Waals surface area contributed by atoms with Crippen molar-refractivity contribution in [3.05, 3.63) is 69.8 Å². The van der Waals surface area contributed by atoms with Gasteiger partial charge in [0.2, 0.25) is 0 Å². The number of benzene rings is 2. The summed E-state index contributed by atoms with van der Waals surface area (Å²) in [5, 5.41) is 22.5. The number of phenolic OH excluding ortho intramolecular Hbond substituents is 1. The molecule has 2 N–H and O–H groups in total. The van der Waals surface area contributed by atoms with Gasteiger partial charge in [-0.15, -0.1) is 0 Å². The summed E-state index contributed by atoms with van der Waals surface area (Å²) in [5.41, 5.74) is 1.05. The Balaban J connectivity index is 1.99. The van der Waals surface area contributed by atoms with Crippen molar-refractivity contribution in [1.82, 2.24) is 5.32 Å². The van der Waals surface area contributed by atoms with Gasteiger partial charge in [-0.05, 0) is 29.8 Å². The topological polar surface area (TPSA) is 92.5 Å². The van der Waals surface area contributed by atoms with Crippen molar-refractivity contribution in [2.45, 2.75) is 6.54 Å². The summed E-state index contributed by atoms with van der Waals surface area (Å²) < 4.78 is 0. The number of phenols is 1. The lowest BCUT2D eigenvalue weighted by molar-refractivity contribution is -0.384. The lowest BCUT2D eigenvalue weighted by atomic mass is 10.1. The van der Waals surface area contributed by atoms with Crippen LogP contribution in [0.5, 0.6) is 5.75 Å². The molecule has 1 amide bonds. The molecule has 0 aliphatic heterocycles. The number of nitro benzene ring substituents is 1. The normalized spacial score (nSPS) is 10.0. The van der Waals surface area contributed by atoms with Gasteiger partial charge in [-0.1, -0.05) is 12.1 Å². The van der Waals surface area contributed by atoms with E-state index in [1.165, 1.54) is 24.3 Å². The van der Waals surface area contributed by atoms with Gasteiger partial charge in [0.05, 0.1) is 4.92 Å². The smallest absolute Gasteiger partial charge is 0.269 e. The number of rotatable bonds is 4. The van der Waals surface area contributed by atoms with E-state index in [1.54, 1.807) is 24.3 Å². The van der Waals surface area contributed by atoms with Crippen molar-refractivity contribution in [3.63, 3.8) is 0 Å². The van der Waals surface area contributed by atoms with Crippen molar-refractivity contribution < 1.29 is 14.8 Å². The molecule has 0 radical (unpaired) electrons. The summed E-state index contributed by atoms with van der Waals surface area (Å²) in [6, 6.07) is 11.9. The molecule has 0 spiro atoms. The Morgan fingerprint density at radius 3 is 2.50 bits per heavy atom. The molecule has 0 aliphatic rings. The van der Waals surface area contributed by atoms with Crippen LogP contribution in [0.3, 0.4) is 0 Å². The number of hydrogen-bond acceptors (Lipinski definition) is 4. The third-order valence-corrected chi connectivity index (χ3v) is 2.70. The third kappa shape index (κ3) is 3.32. The van der Waals surface area contributed by atoms with Crippen LogP contribution in [0.25, 0.3) is 0 Å². The van der Waals surface area contributed by atoms with Crippen molar-refractivity contribution in [1.29, 1.82) is 0 Å². The van der Waals surface area contributed by atoms with Crippen LogP contribution in [0.2, 0.25) is 0 Å². The maximum Gasteiger partial charge on any atom is 0.269 e. The monoisotopic (exact) mass is 272 g/mol. The van der Waals surface area contributed by atoms with Gasteiger partial charge in [0.25, 0.3) is 11.6 Å². The Bertz CT molecular complexity index is 638. The molecule has 0 atom stereocenters. The highest BCUT2D eigenvalue weighted by atomic mass is 16.6. The Kier molecular flexibility index (Phi) is 3.95. The van der Waals surface area contributed by atoms with Gasteiger partial charge in [0, 0.05) is 24.2 Å². The highest BCUT2D eigenvalue weighted by Gasteiger charge is 2.09. The van der Waals surface area contributed by atoms with Crippen LogP contribution >= 0.6 is 0 Å². The third-order valence-electron chi connectivity index (χ3n) is 2.70. The number of non-ortho nitro benzene ring substituents is 1. The predicted molar refractivity (Wildman–Crippen MR) is 72.4 cm³/mol. The molecule has 2 aromatic rings. The maximum atomic E-state index is 11.8. The lowest BCUT2D eigenvalue weighted by Gasteiger charge is -2.05. The molecule has 0 saturated heterocycles. The molecule has 0 saturated carbocycles. The van der Waals surface area contributed by atoms with Gasteiger partial charge in [-0.2, -0.15) is 0 Å². The fourth-order valence-electron chi connectivity index (χ4n) is 1.69. The SMILES string of the molecule is O=C(NCc1cccc(O)c1)c1ccc([N+](=O)[O-])cc1. The van der Waals surface area contributed by atoms with E-state index in [1.807, 2.05) is 0 Å². The van der Waals surface area contributed by atoms with E-state index in [0.717, 1.165) is 5.56 Å². The number of aromatic hydroxyl groups is 1. The van der Waals surface area contributed by atoms with Gasteiger partial charge in [-0.3, -0.25) is 14.9 Å². The second kappa shape index (κ2) is 5.83. The van der Waals surface area contributed by atoms with Gasteiger partial charge in [-0.25, -0.2) is 0 Å². The van der Waals surface area contributed by atoms with E-state index in [9.17, 15) is 20.0 Å². The van der Waals surface area contributed by atoms with E-state index in [-0.39, 0.29) is 23.9 Å². The Morgan fingerprint density at radius 1 is 1.20 bits per heavy atom. The zero-order valence-electron chi connectivity index (χ0n) is 10.4. The fraction of sp³-hybridized carbons (Fsp3) is 0.0714. The Hall–Kier alpha value is -2.89. The standard InChI is InChI=1S/C14H12N2O4/c17-13-3-1-2-10(8-13)9-15-14(18)11-4-6-12(7-5-11)16(19)20/h1-8,17H,9H2,(H,15,18). The molecule has 0 unspecified atom stereocenters. The predicted octanol–water partition coefficient (Wildman–Crippen LogP) is 2.23. The molecule has 2 rings (SSSR count). The zero-order valence-corrected chi connectivity index (χ0v) is 10.4. The quantitative estimate of drug-likeness (QED) is 0.659. The van der Waals surface area contributed by atoms with Crippen molar-refractivity contribution >= 4 is 11.6 Å². The zero-order chi connectivity index (χ0) is 14.5. The number of nitrogens with zero attached hydrogens (tertiary/aromatic N) is 1. The van der Waals surface area contributed by atoms with Crippen LogP contribution in [-0.4, -0.2) is 15.9 Å². The van der Waals surface area contributed by atoms with E-state index in [2.05, 4.69) is 5.32 Å². The average molecular weight is 272 g/mol. The van der Waals surface area contributed by atoms with E-state index in [4.69, 9.17) is 0 Å². The first kappa shape index (κ1) is 13.5. The fourth-order valence-corrected chi connectivity index (χ4v) is 1.69. The minimum absolute atomic E-state index is 0.0606. The van der Waals surface area contributed by atoms with Crippen LogP contribution in [0.4, 0.5) is 5.69 Å². The molecule has 0 aromatic heterocycles. The summed E-state index contributed by atoms with van der Waals surface area (Å²) in [4.78, 5) is 21.8. The summed E-state index contributed by atoms with van der Waals surface area (Å²) in [6.07, 6.45) is 0. The molecule has 102 valence electrons. The first-order valence-electron chi connectivity index (χ1n) is 5.87. The molecule has 6 nitrogen and oxygen atoms in total.